The van der Waals surface area contributed by atoms with Crippen molar-refractivity contribution in [1.29, 1.82) is 0 Å². The van der Waals surface area contributed by atoms with Crippen molar-refractivity contribution in [3.63, 3.8) is 0 Å². The summed E-state index contributed by atoms with van der Waals surface area (Å²) in [6.45, 7) is 0. The first-order valence-corrected chi connectivity index (χ1v) is 5.51. The predicted molar refractivity (Wildman–Crippen MR) is 31.6 cm³/mol. The summed E-state index contributed by atoms with van der Waals surface area (Å²) >= 11 is 15.2. The summed E-state index contributed by atoms with van der Waals surface area (Å²) in [5.41, 5.74) is 0. The van der Waals surface area contributed by atoms with E-state index in [2.05, 4.69) is 6.30 Å². The van der Waals surface area contributed by atoms with E-state index in [1.165, 1.54) is 0 Å². The molecular weight excluding hydrogens is 149 g/mol. The summed E-state index contributed by atoms with van der Waals surface area (Å²) < 4.78 is 0. The van der Waals surface area contributed by atoms with Crippen LogP contribution in [0.4, 0.5) is 0 Å². The zero-order valence-corrected chi connectivity index (χ0v) is 5.45. The number of hydrogen-bond donors (Lipinski definition) is 0. The lowest BCUT2D eigenvalue weighted by molar-refractivity contribution is 4.30. The summed E-state index contributed by atoms with van der Waals surface area (Å²) in [5, 5.41) is 0. The Balaban J connectivity index is 3.47. The predicted octanol–water partition coefficient (Wildman–Crippen LogP) is 2.90. The van der Waals surface area contributed by atoms with Gasteiger partial charge in [-0.2, -0.15) is 0 Å². The Hall–Kier alpha value is 1.17. The molecule has 0 heterocycles. The third kappa shape index (κ3) is 38.0. The van der Waals surface area contributed by atoms with Gasteiger partial charge in [0.2, 0.25) is 0 Å². The Labute approximate surface area is 45.4 Å². The van der Waals surface area contributed by atoms with Crippen molar-refractivity contribution in [2.75, 3.05) is 0 Å². The zero-order valence-electron chi connectivity index (χ0n) is 2.29. The monoisotopic (exact) mass is 150 g/mol. The van der Waals surface area contributed by atoms with Crippen LogP contribution in [0.25, 0.3) is 0 Å². The summed E-state index contributed by atoms with van der Waals surface area (Å²) in [7, 11) is 0. The van der Waals surface area contributed by atoms with E-state index in [9.17, 15) is 0 Å². The number of hydrogen-bond acceptors (Lipinski definition) is 0. The van der Waals surface area contributed by atoms with Crippen LogP contribution in [0.2, 0.25) is 0 Å². The van der Waals surface area contributed by atoms with Gasteiger partial charge < -0.3 is 0 Å². The molecule has 0 nitrogen and oxygen atoms in total. The van der Waals surface area contributed by atoms with Crippen LogP contribution >= 0.6 is 38.7 Å². The Morgan fingerprint density at radius 2 is 1.20 bits per heavy atom. The minimum atomic E-state index is -2.22. The van der Waals surface area contributed by atoms with Crippen LogP contribution in [0.15, 0.2) is 0 Å². The molecule has 0 saturated carbocycles. The minimum Gasteiger partial charge on any atom is -0.0638 e. The molecule has 0 amide bonds. The van der Waals surface area contributed by atoms with E-state index in [1.54, 1.807) is 0 Å². The van der Waals surface area contributed by atoms with E-state index in [-0.39, 0.29) is 0 Å². The fourth-order valence-corrected chi connectivity index (χ4v) is 0. The topological polar surface area (TPSA) is 0 Å². The summed E-state index contributed by atoms with van der Waals surface area (Å²) in [5.74, 6) is 0. The molecule has 0 aromatic carbocycles. The summed E-state index contributed by atoms with van der Waals surface area (Å²) in [6.07, 6.45) is 3.18. The molecule has 0 rings (SSSR count). The molecule has 5 heavy (non-hydrogen) atoms. The van der Waals surface area contributed by atoms with Crippen LogP contribution in [0, 0.1) is 0 Å². The highest BCUT2D eigenvalue weighted by Crippen LogP contribution is 2.60. The smallest absolute Gasteiger partial charge is 0.0638 e. The maximum atomic E-state index is 5.06. The molecular formula is CH2Cl3P. The molecule has 0 radical (unpaired) electrons. The quantitative estimate of drug-likeness (QED) is 0.467. The zero-order chi connectivity index (χ0) is 4.50. The lowest BCUT2D eigenvalue weighted by atomic mass is 12.0. The van der Waals surface area contributed by atoms with Crippen LogP contribution < -0.4 is 0 Å². The highest BCUT2D eigenvalue weighted by Gasteiger charge is 1.91. The minimum absolute atomic E-state index is 2.22. The first-order valence-electron chi connectivity index (χ1n) is 0.823. The second-order valence-electron chi connectivity index (χ2n) is 0.550. The van der Waals surface area contributed by atoms with Gasteiger partial charge in [-0.25, -0.2) is 0 Å². The van der Waals surface area contributed by atoms with Gasteiger partial charge >= 0.3 is 0 Å². The first-order chi connectivity index (χ1) is 2.00. The molecule has 32 valence electrons. The summed E-state index contributed by atoms with van der Waals surface area (Å²) in [6, 6.07) is 0. The van der Waals surface area contributed by atoms with E-state index >= 15 is 0 Å². The van der Waals surface area contributed by atoms with Crippen LogP contribution in [-0.4, -0.2) is 6.30 Å². The fourth-order valence-electron chi connectivity index (χ4n) is 0. The van der Waals surface area contributed by atoms with Crippen molar-refractivity contribution >= 4 is 45.0 Å². The molecule has 0 bridgehead atoms. The number of halogens is 3. The lowest BCUT2D eigenvalue weighted by Gasteiger charge is -1.84. The SMILES string of the molecule is C=P(Cl)(Cl)Cl. The average molecular weight is 151 g/mol. The molecule has 0 aliphatic rings. The van der Waals surface area contributed by atoms with Gasteiger partial charge in [-0.1, -0.05) is 40.0 Å². The largest absolute Gasteiger partial charge is 0.136 e. The molecule has 0 saturated heterocycles. The molecule has 0 spiro atoms. The maximum absolute atomic E-state index is 5.06. The lowest BCUT2D eigenvalue weighted by Crippen LogP contribution is -1.23. The Bertz CT molecular complexity index is 53.0. The van der Waals surface area contributed by atoms with Gasteiger partial charge in [-0.05, 0) is 0 Å². The van der Waals surface area contributed by atoms with Crippen molar-refractivity contribution in [2.24, 2.45) is 0 Å². The van der Waals surface area contributed by atoms with E-state index in [0.29, 0.717) is 0 Å². The third-order valence-corrected chi connectivity index (χ3v) is 0. The van der Waals surface area contributed by atoms with Gasteiger partial charge in [-0.15, -0.1) is 0 Å². The average Bonchev–Trinajstić information content (AvgIpc) is 0.722. The maximum Gasteiger partial charge on any atom is 0.136 e. The molecule has 0 aliphatic carbocycles. The molecule has 0 unspecified atom stereocenters. The van der Waals surface area contributed by atoms with E-state index < -0.39 is 4.94 Å². The standard InChI is InChI=1S/CH2Cl3P/c1-5(2,3)4/h1H2. The highest BCUT2D eigenvalue weighted by molar-refractivity contribution is 8.30. The summed E-state index contributed by atoms with van der Waals surface area (Å²) in [4.78, 5) is -2.22. The first kappa shape index (κ1) is 6.17. The van der Waals surface area contributed by atoms with Crippen molar-refractivity contribution in [1.82, 2.24) is 0 Å². The van der Waals surface area contributed by atoms with Crippen LogP contribution in [0.3, 0.4) is 0 Å². The van der Waals surface area contributed by atoms with E-state index in [1.807, 2.05) is 0 Å². The van der Waals surface area contributed by atoms with E-state index in [4.69, 9.17) is 33.7 Å². The highest BCUT2D eigenvalue weighted by atomic mass is 36.0. The van der Waals surface area contributed by atoms with Gasteiger partial charge in [-0.3, -0.25) is 0 Å². The second-order valence-corrected chi connectivity index (χ2v) is 8.40. The van der Waals surface area contributed by atoms with Crippen LogP contribution in [0.5, 0.6) is 0 Å². The number of rotatable bonds is 0. The molecule has 0 N–H and O–H groups in total. The third-order valence-electron chi connectivity index (χ3n) is 0. The van der Waals surface area contributed by atoms with Crippen molar-refractivity contribution in [3.05, 3.63) is 0 Å². The molecule has 0 aliphatic heterocycles. The van der Waals surface area contributed by atoms with Crippen LogP contribution in [0.1, 0.15) is 0 Å². The molecule has 0 atom stereocenters. The normalized spacial score (nSPS) is 11.8. The van der Waals surface area contributed by atoms with Gasteiger partial charge in [0.15, 0.2) is 0 Å². The Morgan fingerprint density at radius 1 is 1.20 bits per heavy atom. The van der Waals surface area contributed by atoms with Gasteiger partial charge in [0.25, 0.3) is 0 Å². The van der Waals surface area contributed by atoms with E-state index in [0.717, 1.165) is 0 Å². The second kappa shape index (κ2) is 1.75. The fraction of sp³-hybridized carbons (Fsp3) is 0. The van der Waals surface area contributed by atoms with Crippen LogP contribution in [-0.2, 0) is 0 Å². The molecule has 0 aromatic heterocycles. The molecule has 4 heteroatoms. The van der Waals surface area contributed by atoms with Gasteiger partial charge in [0.1, 0.15) is 4.94 Å². The Kier molecular flexibility index (Phi) is 2.16. The molecule has 0 fully saturated rings. The van der Waals surface area contributed by atoms with Gasteiger partial charge in [0, 0.05) is 0 Å². The van der Waals surface area contributed by atoms with Crippen molar-refractivity contribution < 1.29 is 0 Å². The molecule has 0 aromatic rings. The van der Waals surface area contributed by atoms with Crippen molar-refractivity contribution in [2.45, 2.75) is 0 Å². The van der Waals surface area contributed by atoms with Crippen molar-refractivity contribution in [3.8, 4) is 0 Å². The van der Waals surface area contributed by atoms with Gasteiger partial charge in [0.05, 0.1) is 0 Å². The Morgan fingerprint density at radius 3 is 1.20 bits per heavy atom.